The summed E-state index contributed by atoms with van der Waals surface area (Å²) in [5.74, 6) is 0.889. The fourth-order valence-electron chi connectivity index (χ4n) is 1.94. The third kappa shape index (κ3) is 4.09. The zero-order valence-corrected chi connectivity index (χ0v) is 11.8. The number of carbonyl (C=O) groups is 1. The van der Waals surface area contributed by atoms with Crippen molar-refractivity contribution < 1.29 is 9.53 Å². The van der Waals surface area contributed by atoms with Crippen LogP contribution in [-0.4, -0.2) is 5.78 Å². The zero-order valence-electron chi connectivity index (χ0n) is 11.8. The van der Waals surface area contributed by atoms with Crippen molar-refractivity contribution in [3.63, 3.8) is 0 Å². The molecule has 0 aliphatic rings. The average molecular weight is 266 g/mol. The van der Waals surface area contributed by atoms with Gasteiger partial charge in [-0.15, -0.1) is 0 Å². The summed E-state index contributed by atoms with van der Waals surface area (Å²) in [6.07, 6.45) is 1.64. The van der Waals surface area contributed by atoms with Gasteiger partial charge in [-0.2, -0.15) is 0 Å². The van der Waals surface area contributed by atoms with Gasteiger partial charge >= 0.3 is 0 Å². The van der Waals surface area contributed by atoms with Gasteiger partial charge in [0.05, 0.1) is 0 Å². The van der Waals surface area contributed by atoms with E-state index < -0.39 is 0 Å². The number of rotatable bonds is 5. The maximum Gasteiger partial charge on any atom is 0.152 e. The molecule has 2 heteroatoms. The molecule has 0 saturated heterocycles. The van der Waals surface area contributed by atoms with E-state index in [1.54, 1.807) is 13.0 Å². The highest BCUT2D eigenvalue weighted by atomic mass is 16.5. The molecular weight excluding hydrogens is 248 g/mol. The molecule has 20 heavy (non-hydrogen) atoms. The van der Waals surface area contributed by atoms with E-state index in [1.807, 2.05) is 61.5 Å². The maximum absolute atomic E-state index is 11.1. The van der Waals surface area contributed by atoms with Crippen LogP contribution in [0, 0.1) is 0 Å². The van der Waals surface area contributed by atoms with Gasteiger partial charge in [0.15, 0.2) is 5.78 Å². The number of hydrogen-bond donors (Lipinski definition) is 0. The van der Waals surface area contributed by atoms with Crippen molar-refractivity contribution in [3.8, 4) is 5.75 Å². The summed E-state index contributed by atoms with van der Waals surface area (Å²) in [5.41, 5.74) is 3.14. The van der Waals surface area contributed by atoms with E-state index in [1.165, 1.54) is 0 Å². The van der Waals surface area contributed by atoms with Crippen LogP contribution < -0.4 is 4.74 Å². The van der Waals surface area contributed by atoms with Crippen molar-refractivity contribution in [2.75, 3.05) is 0 Å². The molecule has 0 amide bonds. The molecule has 0 aliphatic heterocycles. The number of ketones is 1. The summed E-state index contributed by atoms with van der Waals surface area (Å²) in [6.45, 7) is 4.05. The van der Waals surface area contributed by atoms with Crippen LogP contribution in [0.2, 0.25) is 0 Å². The first-order valence-corrected chi connectivity index (χ1v) is 6.61. The molecule has 2 nitrogen and oxygen atoms in total. The Morgan fingerprint density at radius 2 is 1.65 bits per heavy atom. The minimum atomic E-state index is 0.0619. The molecule has 0 heterocycles. The quantitative estimate of drug-likeness (QED) is 0.756. The van der Waals surface area contributed by atoms with Gasteiger partial charge < -0.3 is 4.74 Å². The lowest BCUT2D eigenvalue weighted by atomic mass is 10.1. The summed E-state index contributed by atoms with van der Waals surface area (Å²) in [6, 6.07) is 17.8. The van der Waals surface area contributed by atoms with Crippen LogP contribution in [0.25, 0.3) is 5.57 Å². The molecule has 0 fully saturated rings. The largest absolute Gasteiger partial charge is 0.489 e. The predicted octanol–water partition coefficient (Wildman–Crippen LogP) is 4.26. The summed E-state index contributed by atoms with van der Waals surface area (Å²) in [7, 11) is 0. The van der Waals surface area contributed by atoms with E-state index in [9.17, 15) is 4.79 Å². The van der Waals surface area contributed by atoms with Crippen molar-refractivity contribution in [1.29, 1.82) is 0 Å². The molecule has 2 aromatic carbocycles. The smallest absolute Gasteiger partial charge is 0.152 e. The van der Waals surface area contributed by atoms with Gasteiger partial charge in [0.1, 0.15) is 12.4 Å². The number of carbonyl (C=O) groups excluding carboxylic acids is 1. The molecule has 0 radical (unpaired) electrons. The van der Waals surface area contributed by atoms with Crippen LogP contribution in [-0.2, 0) is 11.4 Å². The lowest BCUT2D eigenvalue weighted by Crippen LogP contribution is -1.95. The Balaban J connectivity index is 2.00. The van der Waals surface area contributed by atoms with Crippen LogP contribution in [0.1, 0.15) is 25.0 Å². The molecule has 2 rings (SSSR count). The van der Waals surface area contributed by atoms with Crippen molar-refractivity contribution in [2.45, 2.75) is 20.5 Å². The predicted molar refractivity (Wildman–Crippen MR) is 81.5 cm³/mol. The summed E-state index contributed by atoms with van der Waals surface area (Å²) in [4.78, 5) is 11.1. The number of hydrogen-bond acceptors (Lipinski definition) is 2. The first-order valence-electron chi connectivity index (χ1n) is 6.61. The molecule has 0 bridgehead atoms. The maximum atomic E-state index is 11.1. The second-order valence-electron chi connectivity index (χ2n) is 4.74. The number of benzene rings is 2. The first kappa shape index (κ1) is 14.1. The SMILES string of the molecule is CC(=O)/C=C(/C)c1ccc(OCc2ccccc2)cc1. The zero-order chi connectivity index (χ0) is 14.4. The molecule has 0 unspecified atom stereocenters. The Morgan fingerprint density at radius 1 is 1.00 bits per heavy atom. The van der Waals surface area contributed by atoms with Crippen molar-refractivity contribution in [3.05, 3.63) is 71.8 Å². The normalized spacial score (nSPS) is 11.2. The summed E-state index contributed by atoms with van der Waals surface area (Å²) >= 11 is 0. The number of allylic oxidation sites excluding steroid dienone is 2. The Labute approximate surface area is 119 Å². The van der Waals surface area contributed by atoms with Crippen LogP contribution in [0.15, 0.2) is 60.7 Å². The van der Waals surface area contributed by atoms with Crippen LogP contribution in [0.3, 0.4) is 0 Å². The van der Waals surface area contributed by atoms with Crippen LogP contribution in [0.5, 0.6) is 5.75 Å². The van der Waals surface area contributed by atoms with Crippen molar-refractivity contribution in [1.82, 2.24) is 0 Å². The molecule has 0 aliphatic carbocycles. The van der Waals surface area contributed by atoms with E-state index in [0.717, 1.165) is 22.4 Å². The van der Waals surface area contributed by atoms with Crippen molar-refractivity contribution in [2.24, 2.45) is 0 Å². The minimum Gasteiger partial charge on any atom is -0.489 e. The molecule has 0 saturated carbocycles. The van der Waals surface area contributed by atoms with Gasteiger partial charge in [0.2, 0.25) is 0 Å². The summed E-state index contributed by atoms with van der Waals surface area (Å²) < 4.78 is 5.72. The Bertz CT molecular complexity index is 595. The Morgan fingerprint density at radius 3 is 2.25 bits per heavy atom. The highest BCUT2D eigenvalue weighted by molar-refractivity contribution is 5.94. The molecular formula is C18H18O2. The van der Waals surface area contributed by atoms with Gasteiger partial charge in [-0.1, -0.05) is 42.5 Å². The van der Waals surface area contributed by atoms with E-state index in [0.29, 0.717) is 6.61 Å². The van der Waals surface area contributed by atoms with E-state index in [2.05, 4.69) is 0 Å². The second-order valence-corrected chi connectivity index (χ2v) is 4.74. The molecule has 0 atom stereocenters. The highest BCUT2D eigenvalue weighted by Crippen LogP contribution is 2.19. The van der Waals surface area contributed by atoms with Gasteiger partial charge in [-0.05, 0) is 48.8 Å². The van der Waals surface area contributed by atoms with Gasteiger partial charge in [0.25, 0.3) is 0 Å². The van der Waals surface area contributed by atoms with E-state index >= 15 is 0 Å². The summed E-state index contributed by atoms with van der Waals surface area (Å²) in [5, 5.41) is 0. The second kappa shape index (κ2) is 6.71. The lowest BCUT2D eigenvalue weighted by Gasteiger charge is -2.07. The molecule has 102 valence electrons. The standard InChI is InChI=1S/C18H18O2/c1-14(12-15(2)19)17-8-10-18(11-9-17)20-13-16-6-4-3-5-7-16/h3-12H,13H2,1-2H3/b14-12-. The molecule has 0 N–H and O–H groups in total. The van der Waals surface area contributed by atoms with Crippen LogP contribution in [0.4, 0.5) is 0 Å². The monoisotopic (exact) mass is 266 g/mol. The minimum absolute atomic E-state index is 0.0619. The topological polar surface area (TPSA) is 26.3 Å². The van der Waals surface area contributed by atoms with E-state index in [-0.39, 0.29) is 5.78 Å². The third-order valence-corrected chi connectivity index (χ3v) is 2.98. The van der Waals surface area contributed by atoms with Gasteiger partial charge in [-0.3, -0.25) is 4.79 Å². The lowest BCUT2D eigenvalue weighted by molar-refractivity contribution is -0.112. The van der Waals surface area contributed by atoms with Gasteiger partial charge in [-0.25, -0.2) is 0 Å². The van der Waals surface area contributed by atoms with Gasteiger partial charge in [0, 0.05) is 0 Å². The van der Waals surface area contributed by atoms with E-state index in [4.69, 9.17) is 4.74 Å². The molecule has 0 aromatic heterocycles. The van der Waals surface area contributed by atoms with Crippen LogP contribution >= 0.6 is 0 Å². The Kier molecular flexibility index (Phi) is 4.72. The fraction of sp³-hybridized carbons (Fsp3) is 0.167. The Hall–Kier alpha value is -2.35. The first-order chi connectivity index (χ1) is 9.65. The average Bonchev–Trinajstić information content (AvgIpc) is 2.46. The molecule has 2 aromatic rings. The van der Waals surface area contributed by atoms with Crippen molar-refractivity contribution >= 4 is 11.4 Å². The number of ether oxygens (including phenoxy) is 1. The third-order valence-electron chi connectivity index (χ3n) is 2.98. The highest BCUT2D eigenvalue weighted by Gasteiger charge is 1.99. The fourth-order valence-corrected chi connectivity index (χ4v) is 1.94. The molecule has 0 spiro atoms.